The molecule has 0 aliphatic carbocycles. The number of rotatable bonds is 5. The van der Waals surface area contributed by atoms with Gasteiger partial charge in [0.2, 0.25) is 0 Å². The molecule has 1 N–H and O–H groups in total. The van der Waals surface area contributed by atoms with Crippen molar-refractivity contribution in [1.29, 1.82) is 0 Å². The molecule has 2 nitrogen and oxygen atoms in total. The van der Waals surface area contributed by atoms with Gasteiger partial charge in [0.25, 0.3) is 0 Å². The molecule has 0 aliphatic heterocycles. The zero-order valence-corrected chi connectivity index (χ0v) is 8.44. The maximum Gasteiger partial charge on any atom is 0.119 e. The molecule has 14 heavy (non-hydrogen) atoms. The van der Waals surface area contributed by atoms with E-state index in [9.17, 15) is 5.11 Å². The standard InChI is InChI=1S/C12H16O2/c1-3-4-9-14-12-7-5-11(6-8-12)10(2)13/h3,5-8,10,13H,1,4,9H2,2H3/t10-/m0/s1. The van der Waals surface area contributed by atoms with E-state index in [-0.39, 0.29) is 0 Å². The summed E-state index contributed by atoms with van der Waals surface area (Å²) < 4.78 is 5.43. The molecule has 1 atom stereocenters. The number of aliphatic hydroxyl groups is 1. The van der Waals surface area contributed by atoms with Crippen molar-refractivity contribution in [3.63, 3.8) is 0 Å². The van der Waals surface area contributed by atoms with E-state index in [1.54, 1.807) is 6.92 Å². The van der Waals surface area contributed by atoms with E-state index in [1.165, 1.54) is 0 Å². The summed E-state index contributed by atoms with van der Waals surface area (Å²) in [7, 11) is 0. The Labute approximate surface area is 84.8 Å². The van der Waals surface area contributed by atoms with Crippen LogP contribution in [0.1, 0.15) is 25.0 Å². The minimum absolute atomic E-state index is 0.419. The largest absolute Gasteiger partial charge is 0.493 e. The number of hydrogen-bond acceptors (Lipinski definition) is 2. The smallest absolute Gasteiger partial charge is 0.119 e. The summed E-state index contributed by atoms with van der Waals surface area (Å²) in [6.07, 6.45) is 2.25. The molecule has 1 rings (SSSR count). The first-order valence-corrected chi connectivity index (χ1v) is 4.75. The molecule has 0 saturated heterocycles. The summed E-state index contributed by atoms with van der Waals surface area (Å²) in [5.74, 6) is 0.830. The normalized spacial score (nSPS) is 12.1. The molecule has 2 heteroatoms. The van der Waals surface area contributed by atoms with E-state index in [1.807, 2.05) is 30.3 Å². The summed E-state index contributed by atoms with van der Waals surface area (Å²) in [5, 5.41) is 9.27. The second-order valence-corrected chi connectivity index (χ2v) is 3.17. The van der Waals surface area contributed by atoms with Gasteiger partial charge in [-0.2, -0.15) is 0 Å². The first-order valence-electron chi connectivity index (χ1n) is 4.75. The quantitative estimate of drug-likeness (QED) is 0.574. The third-order valence-corrected chi connectivity index (χ3v) is 1.95. The van der Waals surface area contributed by atoms with Gasteiger partial charge in [-0.05, 0) is 31.0 Å². The van der Waals surface area contributed by atoms with Gasteiger partial charge in [0, 0.05) is 0 Å². The number of hydrogen-bond donors (Lipinski definition) is 1. The van der Waals surface area contributed by atoms with Gasteiger partial charge < -0.3 is 9.84 Å². The van der Waals surface area contributed by atoms with E-state index in [4.69, 9.17) is 4.74 Å². The second kappa shape index (κ2) is 5.45. The van der Waals surface area contributed by atoms with Gasteiger partial charge in [0.05, 0.1) is 12.7 Å². The molecule has 0 radical (unpaired) electrons. The lowest BCUT2D eigenvalue weighted by atomic mass is 10.1. The average Bonchev–Trinajstić information content (AvgIpc) is 2.19. The Morgan fingerprint density at radius 2 is 2.07 bits per heavy atom. The highest BCUT2D eigenvalue weighted by atomic mass is 16.5. The van der Waals surface area contributed by atoms with Gasteiger partial charge in [0.1, 0.15) is 5.75 Å². The SMILES string of the molecule is C=CCCOc1ccc([C@H](C)O)cc1. The van der Waals surface area contributed by atoms with Crippen LogP contribution < -0.4 is 4.74 Å². The molecule has 0 saturated carbocycles. The summed E-state index contributed by atoms with van der Waals surface area (Å²) in [6.45, 7) is 6.01. The van der Waals surface area contributed by atoms with Crippen LogP contribution in [0.4, 0.5) is 0 Å². The highest BCUT2D eigenvalue weighted by Crippen LogP contribution is 2.17. The lowest BCUT2D eigenvalue weighted by Gasteiger charge is -2.07. The lowest BCUT2D eigenvalue weighted by molar-refractivity contribution is 0.199. The van der Waals surface area contributed by atoms with Crippen molar-refractivity contribution in [3.8, 4) is 5.75 Å². The number of benzene rings is 1. The summed E-state index contributed by atoms with van der Waals surface area (Å²) in [4.78, 5) is 0. The van der Waals surface area contributed by atoms with Crippen molar-refractivity contribution in [2.45, 2.75) is 19.4 Å². The Morgan fingerprint density at radius 1 is 1.43 bits per heavy atom. The molecule has 0 amide bonds. The van der Waals surface area contributed by atoms with Crippen LogP contribution in [0.5, 0.6) is 5.75 Å². The number of aliphatic hydroxyl groups excluding tert-OH is 1. The molecule has 1 aromatic rings. The summed E-state index contributed by atoms with van der Waals surface area (Å²) in [5.41, 5.74) is 0.904. The Hall–Kier alpha value is -1.28. The first-order chi connectivity index (χ1) is 6.74. The van der Waals surface area contributed by atoms with Crippen LogP contribution in [0.3, 0.4) is 0 Å². The van der Waals surface area contributed by atoms with E-state index in [2.05, 4.69) is 6.58 Å². The topological polar surface area (TPSA) is 29.5 Å². The molecule has 0 fully saturated rings. The van der Waals surface area contributed by atoms with Crippen molar-refractivity contribution in [1.82, 2.24) is 0 Å². The van der Waals surface area contributed by atoms with Crippen molar-refractivity contribution in [2.75, 3.05) is 6.61 Å². The Bertz CT molecular complexity index is 275. The zero-order valence-electron chi connectivity index (χ0n) is 8.44. The molecule has 0 bridgehead atoms. The summed E-state index contributed by atoms with van der Waals surface area (Å²) in [6, 6.07) is 7.47. The maximum absolute atomic E-state index is 9.27. The van der Waals surface area contributed by atoms with Gasteiger partial charge in [-0.25, -0.2) is 0 Å². The van der Waals surface area contributed by atoms with Crippen LogP contribution in [0.2, 0.25) is 0 Å². The lowest BCUT2D eigenvalue weighted by Crippen LogP contribution is -1.96. The minimum atomic E-state index is -0.419. The minimum Gasteiger partial charge on any atom is -0.493 e. The van der Waals surface area contributed by atoms with Gasteiger partial charge in [0.15, 0.2) is 0 Å². The molecule has 0 heterocycles. The Kier molecular flexibility index (Phi) is 4.20. The number of ether oxygens (including phenoxy) is 1. The molecule has 0 aromatic heterocycles. The average molecular weight is 192 g/mol. The van der Waals surface area contributed by atoms with Gasteiger partial charge in [-0.15, -0.1) is 6.58 Å². The van der Waals surface area contributed by atoms with Crippen LogP contribution in [0, 0.1) is 0 Å². The van der Waals surface area contributed by atoms with Gasteiger partial charge in [-0.1, -0.05) is 18.2 Å². The van der Waals surface area contributed by atoms with Crippen LogP contribution in [0.15, 0.2) is 36.9 Å². The van der Waals surface area contributed by atoms with E-state index in [0.717, 1.165) is 17.7 Å². The Morgan fingerprint density at radius 3 is 2.57 bits per heavy atom. The van der Waals surface area contributed by atoms with E-state index < -0.39 is 6.10 Å². The van der Waals surface area contributed by atoms with Gasteiger partial charge in [-0.3, -0.25) is 0 Å². The van der Waals surface area contributed by atoms with Crippen LogP contribution in [0.25, 0.3) is 0 Å². The molecule has 0 aliphatic rings. The van der Waals surface area contributed by atoms with Crippen LogP contribution in [-0.2, 0) is 0 Å². The monoisotopic (exact) mass is 192 g/mol. The van der Waals surface area contributed by atoms with Crippen molar-refractivity contribution < 1.29 is 9.84 Å². The molecule has 0 unspecified atom stereocenters. The van der Waals surface area contributed by atoms with Crippen molar-refractivity contribution in [2.24, 2.45) is 0 Å². The molecule has 1 aromatic carbocycles. The van der Waals surface area contributed by atoms with Gasteiger partial charge >= 0.3 is 0 Å². The summed E-state index contributed by atoms with van der Waals surface area (Å²) >= 11 is 0. The van der Waals surface area contributed by atoms with E-state index in [0.29, 0.717) is 6.61 Å². The second-order valence-electron chi connectivity index (χ2n) is 3.17. The fraction of sp³-hybridized carbons (Fsp3) is 0.333. The highest BCUT2D eigenvalue weighted by Gasteiger charge is 1.99. The van der Waals surface area contributed by atoms with E-state index >= 15 is 0 Å². The molecule has 76 valence electrons. The van der Waals surface area contributed by atoms with Crippen molar-refractivity contribution >= 4 is 0 Å². The molecular formula is C12H16O2. The maximum atomic E-state index is 9.27. The zero-order chi connectivity index (χ0) is 10.4. The van der Waals surface area contributed by atoms with Crippen molar-refractivity contribution in [3.05, 3.63) is 42.5 Å². The molecule has 0 spiro atoms. The third-order valence-electron chi connectivity index (χ3n) is 1.95. The predicted molar refractivity (Wildman–Crippen MR) is 57.4 cm³/mol. The highest BCUT2D eigenvalue weighted by molar-refractivity contribution is 5.28. The fourth-order valence-electron chi connectivity index (χ4n) is 1.10. The first kappa shape index (κ1) is 10.8. The Balaban J connectivity index is 2.51. The third kappa shape index (κ3) is 3.23. The van der Waals surface area contributed by atoms with Crippen LogP contribution >= 0.6 is 0 Å². The predicted octanol–water partition coefficient (Wildman–Crippen LogP) is 2.69. The van der Waals surface area contributed by atoms with Crippen LogP contribution in [-0.4, -0.2) is 11.7 Å². The molecular weight excluding hydrogens is 176 g/mol. The fourth-order valence-corrected chi connectivity index (χ4v) is 1.10.